The Hall–Kier alpha value is -0.970. The normalized spacial score (nSPS) is 15.5. The van der Waals surface area contributed by atoms with Crippen molar-refractivity contribution < 1.29 is 4.79 Å². The van der Waals surface area contributed by atoms with E-state index in [9.17, 15) is 4.79 Å². The van der Waals surface area contributed by atoms with Crippen molar-refractivity contribution in [1.82, 2.24) is 16.0 Å². The number of hydrogen-bond donors (Lipinski definition) is 3. The number of nitrogens with zero attached hydrogens (tertiary/aromatic N) is 1. The Balaban J connectivity index is 0.00000400. The van der Waals surface area contributed by atoms with Crippen LogP contribution in [0, 0.1) is 12.3 Å². The molecule has 6 heteroatoms. The maximum Gasteiger partial charge on any atom is 0.222 e. The van der Waals surface area contributed by atoms with Gasteiger partial charge in [0.15, 0.2) is 5.96 Å². The fourth-order valence-electron chi connectivity index (χ4n) is 2.29. The van der Waals surface area contributed by atoms with Crippen LogP contribution in [-0.2, 0) is 4.79 Å². The molecule has 0 aromatic heterocycles. The van der Waals surface area contributed by atoms with Crippen molar-refractivity contribution in [2.75, 3.05) is 19.6 Å². The van der Waals surface area contributed by atoms with E-state index in [0.29, 0.717) is 31.5 Å². The number of carbonyl (C=O) groups excluding carboxylic acids is 1. The van der Waals surface area contributed by atoms with E-state index in [1.807, 2.05) is 6.92 Å². The minimum atomic E-state index is 0. The van der Waals surface area contributed by atoms with Gasteiger partial charge in [-0.2, -0.15) is 0 Å². The molecule has 1 aliphatic carbocycles. The molecule has 1 rings (SSSR count). The van der Waals surface area contributed by atoms with Crippen LogP contribution in [0.3, 0.4) is 0 Å². The van der Waals surface area contributed by atoms with Gasteiger partial charge in [0, 0.05) is 19.0 Å². The van der Waals surface area contributed by atoms with Crippen LogP contribution >= 0.6 is 24.0 Å². The molecule has 1 aliphatic rings. The van der Waals surface area contributed by atoms with E-state index in [1.54, 1.807) is 0 Å². The van der Waals surface area contributed by atoms with Crippen molar-refractivity contribution in [3.8, 4) is 12.3 Å². The van der Waals surface area contributed by atoms with Crippen molar-refractivity contribution in [3.05, 3.63) is 0 Å². The molecule has 0 bridgehead atoms. The second kappa shape index (κ2) is 12.7. The minimum absolute atomic E-state index is 0. The zero-order chi connectivity index (χ0) is 14.6. The van der Waals surface area contributed by atoms with E-state index >= 15 is 0 Å². The Kier molecular flexibility index (Phi) is 12.2. The van der Waals surface area contributed by atoms with Crippen LogP contribution in [0.2, 0.25) is 0 Å². The van der Waals surface area contributed by atoms with Gasteiger partial charge in [0.05, 0.1) is 13.1 Å². The molecule has 21 heavy (non-hydrogen) atoms. The molecule has 0 unspecified atom stereocenters. The standard InChI is InChI=1S/C15H26N4O.HI/c1-3-11-17-15(16-4-2)18-12-10-14(20)19-13-8-6-5-7-9-13;/h1,13H,4-12H2,2H3,(H,19,20)(H2,16,17,18);1H. The molecule has 0 aromatic carbocycles. The van der Waals surface area contributed by atoms with Crippen LogP contribution in [0.15, 0.2) is 4.99 Å². The van der Waals surface area contributed by atoms with Crippen molar-refractivity contribution in [1.29, 1.82) is 0 Å². The molecule has 0 heterocycles. The fourth-order valence-corrected chi connectivity index (χ4v) is 2.29. The molecule has 0 spiro atoms. The molecule has 1 amide bonds. The van der Waals surface area contributed by atoms with Crippen LogP contribution in [-0.4, -0.2) is 37.5 Å². The highest BCUT2D eigenvalue weighted by molar-refractivity contribution is 14.0. The van der Waals surface area contributed by atoms with E-state index < -0.39 is 0 Å². The molecule has 0 radical (unpaired) electrons. The van der Waals surface area contributed by atoms with E-state index in [2.05, 4.69) is 26.9 Å². The summed E-state index contributed by atoms with van der Waals surface area (Å²) in [6.07, 6.45) is 11.6. The molecule has 1 saturated carbocycles. The van der Waals surface area contributed by atoms with Gasteiger partial charge in [0.1, 0.15) is 0 Å². The van der Waals surface area contributed by atoms with Gasteiger partial charge >= 0.3 is 0 Å². The number of carbonyl (C=O) groups is 1. The third-order valence-electron chi connectivity index (χ3n) is 3.28. The van der Waals surface area contributed by atoms with Gasteiger partial charge in [0.2, 0.25) is 5.91 Å². The number of rotatable bonds is 6. The highest BCUT2D eigenvalue weighted by Crippen LogP contribution is 2.17. The molecule has 0 saturated heterocycles. The lowest BCUT2D eigenvalue weighted by Gasteiger charge is -2.22. The topological polar surface area (TPSA) is 65.5 Å². The highest BCUT2D eigenvalue weighted by Gasteiger charge is 2.15. The Morgan fingerprint density at radius 3 is 2.62 bits per heavy atom. The van der Waals surface area contributed by atoms with Crippen molar-refractivity contribution in [2.24, 2.45) is 4.99 Å². The third kappa shape index (κ3) is 9.56. The molecule has 5 nitrogen and oxygen atoms in total. The first kappa shape index (κ1) is 20.0. The summed E-state index contributed by atoms with van der Waals surface area (Å²) in [4.78, 5) is 16.1. The highest BCUT2D eigenvalue weighted by atomic mass is 127. The van der Waals surface area contributed by atoms with Crippen molar-refractivity contribution in [2.45, 2.75) is 51.5 Å². The first-order valence-corrected chi connectivity index (χ1v) is 7.51. The summed E-state index contributed by atoms with van der Waals surface area (Å²) in [5, 5.41) is 9.17. The zero-order valence-corrected chi connectivity index (χ0v) is 15.1. The third-order valence-corrected chi connectivity index (χ3v) is 3.28. The Labute approximate surface area is 145 Å². The number of hydrogen-bond acceptors (Lipinski definition) is 2. The Bertz CT molecular complexity index is 359. The van der Waals surface area contributed by atoms with Gasteiger partial charge < -0.3 is 16.0 Å². The van der Waals surface area contributed by atoms with Crippen LogP contribution in [0.25, 0.3) is 0 Å². The van der Waals surface area contributed by atoms with Gasteiger partial charge in [-0.3, -0.25) is 9.79 Å². The number of halogens is 1. The van der Waals surface area contributed by atoms with Gasteiger partial charge in [0.25, 0.3) is 0 Å². The molecule has 0 aliphatic heterocycles. The summed E-state index contributed by atoms with van der Waals surface area (Å²) in [7, 11) is 0. The van der Waals surface area contributed by atoms with Gasteiger partial charge in [-0.25, -0.2) is 0 Å². The predicted octanol–water partition coefficient (Wildman–Crippen LogP) is 1.63. The maximum absolute atomic E-state index is 11.8. The largest absolute Gasteiger partial charge is 0.357 e. The average molecular weight is 406 g/mol. The van der Waals surface area contributed by atoms with E-state index in [4.69, 9.17) is 6.42 Å². The monoisotopic (exact) mass is 406 g/mol. The average Bonchev–Trinajstić information content (AvgIpc) is 2.45. The molecule has 0 atom stereocenters. The molecule has 1 fully saturated rings. The lowest BCUT2D eigenvalue weighted by Crippen LogP contribution is -2.38. The van der Waals surface area contributed by atoms with Crippen molar-refractivity contribution >= 4 is 35.8 Å². The van der Waals surface area contributed by atoms with Crippen LogP contribution < -0.4 is 16.0 Å². The Morgan fingerprint density at radius 2 is 2.00 bits per heavy atom. The quantitative estimate of drug-likeness (QED) is 0.272. The summed E-state index contributed by atoms with van der Waals surface area (Å²) in [6, 6.07) is 0.369. The Morgan fingerprint density at radius 1 is 1.29 bits per heavy atom. The summed E-state index contributed by atoms with van der Waals surface area (Å²) < 4.78 is 0. The second-order valence-electron chi connectivity index (χ2n) is 4.97. The molecule has 0 aromatic rings. The van der Waals surface area contributed by atoms with Gasteiger partial charge in [-0.15, -0.1) is 30.4 Å². The van der Waals surface area contributed by atoms with E-state index in [-0.39, 0.29) is 29.9 Å². The number of amides is 1. The van der Waals surface area contributed by atoms with Crippen molar-refractivity contribution in [3.63, 3.8) is 0 Å². The number of terminal acetylenes is 1. The maximum atomic E-state index is 11.8. The zero-order valence-electron chi connectivity index (χ0n) is 12.8. The van der Waals surface area contributed by atoms with Crippen LogP contribution in [0.1, 0.15) is 45.4 Å². The fraction of sp³-hybridized carbons (Fsp3) is 0.733. The van der Waals surface area contributed by atoms with E-state index in [0.717, 1.165) is 19.4 Å². The first-order valence-electron chi connectivity index (χ1n) is 7.51. The van der Waals surface area contributed by atoms with Gasteiger partial charge in [-0.05, 0) is 19.8 Å². The summed E-state index contributed by atoms with van der Waals surface area (Å²) >= 11 is 0. The summed E-state index contributed by atoms with van der Waals surface area (Å²) in [5.41, 5.74) is 0. The van der Waals surface area contributed by atoms with Crippen LogP contribution in [0.5, 0.6) is 0 Å². The van der Waals surface area contributed by atoms with Crippen LogP contribution in [0.4, 0.5) is 0 Å². The molecule has 3 N–H and O–H groups in total. The second-order valence-corrected chi connectivity index (χ2v) is 4.97. The number of nitrogens with one attached hydrogen (secondary N) is 3. The SMILES string of the molecule is C#CCNC(=NCCC(=O)NC1CCCCC1)NCC.I. The number of aliphatic imine (C=N–C) groups is 1. The predicted molar refractivity (Wildman–Crippen MR) is 97.9 cm³/mol. The lowest BCUT2D eigenvalue weighted by molar-refractivity contribution is -0.121. The summed E-state index contributed by atoms with van der Waals surface area (Å²) in [5.74, 6) is 3.25. The van der Waals surface area contributed by atoms with Gasteiger partial charge in [-0.1, -0.05) is 25.2 Å². The molecular formula is C15H27IN4O. The summed E-state index contributed by atoms with van der Waals surface area (Å²) in [6.45, 7) is 3.66. The number of guanidine groups is 1. The van der Waals surface area contributed by atoms with E-state index in [1.165, 1.54) is 19.3 Å². The minimum Gasteiger partial charge on any atom is -0.357 e. The smallest absolute Gasteiger partial charge is 0.222 e. The lowest BCUT2D eigenvalue weighted by atomic mass is 9.95. The molecule has 120 valence electrons. The first-order chi connectivity index (χ1) is 9.76. The molecular weight excluding hydrogens is 379 g/mol.